The molecule has 2 fully saturated rings. The van der Waals surface area contributed by atoms with Gasteiger partial charge < -0.3 is 10.2 Å². The highest BCUT2D eigenvalue weighted by molar-refractivity contribution is 7.98. The molecule has 3 rings (SSSR count). The third kappa shape index (κ3) is 2.24. The highest BCUT2D eigenvalue weighted by atomic mass is 35.5. The second-order valence-corrected chi connectivity index (χ2v) is 7.70. The first-order chi connectivity index (χ1) is 8.87. The van der Waals surface area contributed by atoms with Crippen LogP contribution in [0.1, 0.15) is 0 Å². The van der Waals surface area contributed by atoms with E-state index in [-0.39, 0.29) is 28.6 Å². The van der Waals surface area contributed by atoms with Gasteiger partial charge in [0.25, 0.3) is 0 Å². The Labute approximate surface area is 121 Å². The first kappa shape index (κ1) is 13.2. The van der Waals surface area contributed by atoms with E-state index >= 15 is 0 Å². The average molecular weight is 322 g/mol. The van der Waals surface area contributed by atoms with Crippen LogP contribution in [-0.4, -0.2) is 33.3 Å². The molecular formula is C11H11ClFN2O2S2+. The monoisotopic (exact) mass is 321 g/mol. The van der Waals surface area contributed by atoms with Crippen LogP contribution in [0.25, 0.3) is 0 Å². The number of rotatable bonds is 1. The predicted octanol–water partition coefficient (Wildman–Crippen LogP) is 1.90. The lowest BCUT2D eigenvalue weighted by molar-refractivity contribution is 0.502. The number of nitrogens with one attached hydrogen (secondary N) is 1. The summed E-state index contributed by atoms with van der Waals surface area (Å²) in [5.41, 5.74) is 0.545. The Morgan fingerprint density at radius 1 is 1.53 bits per heavy atom. The Balaban J connectivity index is 1.97. The largest absolute Gasteiger partial charge is 0.352 e. The number of nitrogens with zero attached hydrogens (tertiary/aromatic N) is 1. The number of thiocarbonyl (C=S) groups is 1. The van der Waals surface area contributed by atoms with Crippen molar-refractivity contribution in [1.29, 1.82) is 0 Å². The van der Waals surface area contributed by atoms with Gasteiger partial charge in [-0.2, -0.15) is 4.55 Å². The zero-order chi connectivity index (χ0) is 13.8. The van der Waals surface area contributed by atoms with Gasteiger partial charge in [-0.25, -0.2) is 4.39 Å². The van der Waals surface area contributed by atoms with Crippen molar-refractivity contribution >= 4 is 44.8 Å². The lowest BCUT2D eigenvalue weighted by Gasteiger charge is -2.22. The third-order valence-corrected chi connectivity index (χ3v) is 5.74. The van der Waals surface area contributed by atoms with Crippen LogP contribution in [0, 0.1) is 5.82 Å². The van der Waals surface area contributed by atoms with E-state index < -0.39 is 16.0 Å². The molecule has 102 valence electrons. The van der Waals surface area contributed by atoms with Crippen LogP contribution < -0.4 is 10.2 Å². The number of anilines is 1. The molecule has 1 aromatic rings. The maximum atomic E-state index is 13.5. The molecule has 2 aliphatic heterocycles. The van der Waals surface area contributed by atoms with Crippen LogP contribution in [0.2, 0.25) is 5.02 Å². The number of hydrogen-bond acceptors (Lipinski definition) is 2. The van der Waals surface area contributed by atoms with Crippen LogP contribution >= 0.6 is 23.8 Å². The Kier molecular flexibility index (Phi) is 3.05. The molecule has 2 heterocycles. The Morgan fingerprint density at radius 2 is 2.26 bits per heavy atom. The maximum Gasteiger partial charge on any atom is 0.218 e. The fourth-order valence-electron chi connectivity index (χ4n) is 2.56. The molecule has 0 bridgehead atoms. The standard InChI is InChI=1S/C11H10ClFN2O2S2/c12-7-2-1-6(3-8(7)13)15-10-5-19(16,17)4-9(10)14-11(15)18/h1-3,9-10H,4-5H2,(H-,14,16,17,18)/p+1/t9-,10-/m0/s1. The summed E-state index contributed by atoms with van der Waals surface area (Å²) in [6.45, 7) is 0. The van der Waals surface area contributed by atoms with Crippen LogP contribution in [-0.2, 0) is 14.4 Å². The van der Waals surface area contributed by atoms with Crippen molar-refractivity contribution in [2.24, 2.45) is 0 Å². The molecule has 2 aliphatic rings. The Hall–Kier alpha value is -0.760. The minimum atomic E-state index is -2.82. The molecule has 0 radical (unpaired) electrons. The van der Waals surface area contributed by atoms with Gasteiger partial charge in [0.15, 0.2) is 16.6 Å². The van der Waals surface area contributed by atoms with E-state index in [1.54, 1.807) is 11.0 Å². The quantitative estimate of drug-likeness (QED) is 0.611. The van der Waals surface area contributed by atoms with Crippen molar-refractivity contribution in [3.8, 4) is 0 Å². The SMILES string of the molecule is O=[S+]1(O)C[C@@H]2NC(=S)N(c3ccc(Cl)c(F)c3)[C@H]2C1. The first-order valence-electron chi connectivity index (χ1n) is 5.64. The van der Waals surface area contributed by atoms with Gasteiger partial charge in [-0.15, -0.1) is 0 Å². The number of fused-ring (bicyclic) bond motifs is 1. The molecule has 0 saturated carbocycles. The average Bonchev–Trinajstić information content (AvgIpc) is 2.73. The third-order valence-electron chi connectivity index (χ3n) is 3.38. The number of halogens is 2. The zero-order valence-electron chi connectivity index (χ0n) is 9.68. The first-order valence-corrected chi connectivity index (χ1v) is 8.28. The Bertz CT molecular complexity index is 612. The van der Waals surface area contributed by atoms with E-state index in [2.05, 4.69) is 5.32 Å². The lowest BCUT2D eigenvalue weighted by atomic mass is 10.1. The van der Waals surface area contributed by atoms with Gasteiger partial charge >= 0.3 is 0 Å². The van der Waals surface area contributed by atoms with E-state index in [0.717, 1.165) is 0 Å². The van der Waals surface area contributed by atoms with Crippen molar-refractivity contribution in [2.75, 3.05) is 16.4 Å². The molecule has 3 atom stereocenters. The van der Waals surface area contributed by atoms with Gasteiger partial charge in [0.1, 0.15) is 17.9 Å². The predicted molar refractivity (Wildman–Crippen MR) is 77.6 cm³/mol. The molecule has 0 amide bonds. The molecule has 2 N–H and O–H groups in total. The van der Waals surface area contributed by atoms with Crippen molar-refractivity contribution in [3.05, 3.63) is 29.0 Å². The van der Waals surface area contributed by atoms with Crippen LogP contribution in [0.4, 0.5) is 10.1 Å². The lowest BCUT2D eigenvalue weighted by Crippen LogP contribution is -2.37. The second kappa shape index (κ2) is 4.37. The van der Waals surface area contributed by atoms with Gasteiger partial charge in [-0.3, -0.25) is 0 Å². The van der Waals surface area contributed by atoms with Crippen LogP contribution in [0.3, 0.4) is 0 Å². The van der Waals surface area contributed by atoms with Crippen molar-refractivity contribution in [2.45, 2.75) is 12.1 Å². The van der Waals surface area contributed by atoms with Crippen molar-refractivity contribution in [1.82, 2.24) is 5.32 Å². The van der Waals surface area contributed by atoms with Gasteiger partial charge in [0, 0.05) is 5.69 Å². The topological polar surface area (TPSA) is 52.6 Å². The molecule has 8 heteroatoms. The summed E-state index contributed by atoms with van der Waals surface area (Å²) in [5, 5.41) is 3.51. The second-order valence-electron chi connectivity index (χ2n) is 4.70. The fourth-order valence-corrected chi connectivity index (χ4v) is 4.98. The van der Waals surface area contributed by atoms with Gasteiger partial charge in [-0.05, 0) is 30.4 Å². The summed E-state index contributed by atoms with van der Waals surface area (Å²) in [6.07, 6.45) is 0. The molecular weight excluding hydrogens is 311 g/mol. The molecule has 0 aromatic heterocycles. The van der Waals surface area contributed by atoms with Crippen molar-refractivity contribution in [3.63, 3.8) is 0 Å². The van der Waals surface area contributed by atoms with Crippen molar-refractivity contribution < 1.29 is 13.2 Å². The van der Waals surface area contributed by atoms with E-state index in [1.165, 1.54) is 12.1 Å². The summed E-state index contributed by atoms with van der Waals surface area (Å²) >= 11 is 10.9. The van der Waals surface area contributed by atoms with Gasteiger partial charge in [-0.1, -0.05) is 15.8 Å². The van der Waals surface area contributed by atoms with E-state index in [9.17, 15) is 13.2 Å². The molecule has 0 aliphatic carbocycles. The molecule has 4 nitrogen and oxygen atoms in total. The van der Waals surface area contributed by atoms with Crippen LogP contribution in [0.5, 0.6) is 0 Å². The minimum Gasteiger partial charge on any atom is -0.352 e. The highest BCUT2D eigenvalue weighted by Crippen LogP contribution is 2.32. The zero-order valence-corrected chi connectivity index (χ0v) is 12.1. The summed E-state index contributed by atoms with van der Waals surface area (Å²) in [6, 6.07) is 4.01. The Morgan fingerprint density at radius 3 is 2.95 bits per heavy atom. The van der Waals surface area contributed by atoms with E-state index in [1.807, 2.05) is 0 Å². The van der Waals surface area contributed by atoms with Crippen LogP contribution in [0.15, 0.2) is 18.2 Å². The van der Waals surface area contributed by atoms with Gasteiger partial charge in [0.05, 0.1) is 5.02 Å². The summed E-state index contributed by atoms with van der Waals surface area (Å²) in [4.78, 5) is 1.70. The maximum absolute atomic E-state index is 13.5. The number of benzene rings is 1. The summed E-state index contributed by atoms with van der Waals surface area (Å²) in [5.74, 6) is -0.229. The smallest absolute Gasteiger partial charge is 0.218 e. The molecule has 0 spiro atoms. The van der Waals surface area contributed by atoms with E-state index in [4.69, 9.17) is 23.8 Å². The molecule has 19 heavy (non-hydrogen) atoms. The summed E-state index contributed by atoms with van der Waals surface area (Å²) < 4.78 is 35.0. The number of hydrogen-bond donors (Lipinski definition) is 2. The molecule has 1 unspecified atom stereocenters. The fraction of sp³-hybridized carbons (Fsp3) is 0.364. The van der Waals surface area contributed by atoms with Gasteiger partial charge in [0.2, 0.25) is 10.2 Å². The molecule has 1 aromatic carbocycles. The minimum absolute atomic E-state index is 0.0377. The van der Waals surface area contributed by atoms with E-state index in [0.29, 0.717) is 10.8 Å². The molecule has 2 saturated heterocycles. The highest BCUT2D eigenvalue weighted by Gasteiger charge is 2.54. The summed E-state index contributed by atoms with van der Waals surface area (Å²) in [7, 11) is -2.82. The normalized spacial score (nSPS) is 33.4.